The van der Waals surface area contributed by atoms with E-state index < -0.39 is 0 Å². The Morgan fingerprint density at radius 3 is 2.91 bits per heavy atom. The number of nitrogens with one attached hydrogen (secondary N) is 1. The number of hydrogen-bond acceptors (Lipinski definition) is 4. The minimum absolute atomic E-state index is 0.122. The summed E-state index contributed by atoms with van der Waals surface area (Å²) in [5, 5.41) is 3.81. The molecule has 0 atom stereocenters. The highest BCUT2D eigenvalue weighted by molar-refractivity contribution is 7.18. The first-order chi connectivity index (χ1) is 10.7. The lowest BCUT2D eigenvalue weighted by atomic mass is 10.3. The van der Waals surface area contributed by atoms with E-state index in [0.717, 1.165) is 20.8 Å². The Labute approximate surface area is 132 Å². The number of amides is 2. The monoisotopic (exact) mass is 312 g/mol. The van der Waals surface area contributed by atoms with Crippen LogP contribution in [0.5, 0.6) is 0 Å². The molecule has 22 heavy (non-hydrogen) atoms. The number of hydrogen-bond donors (Lipinski definition) is 1. The molecule has 0 fully saturated rings. The molecule has 0 aliphatic carbocycles. The SMILES string of the molecule is CN(Cc1nc2ccccc2s1)C(=O)NCc1cccnc1. The molecule has 6 heteroatoms. The number of rotatable bonds is 4. The van der Waals surface area contributed by atoms with Gasteiger partial charge in [-0.05, 0) is 23.8 Å². The molecule has 5 nitrogen and oxygen atoms in total. The number of carbonyl (C=O) groups excluding carboxylic acids is 1. The number of urea groups is 1. The average Bonchev–Trinajstić information content (AvgIpc) is 2.95. The van der Waals surface area contributed by atoms with Crippen LogP contribution in [0.4, 0.5) is 4.79 Å². The number of pyridine rings is 1. The zero-order valence-corrected chi connectivity index (χ0v) is 13.0. The van der Waals surface area contributed by atoms with Crippen molar-refractivity contribution < 1.29 is 4.79 Å². The van der Waals surface area contributed by atoms with Gasteiger partial charge in [-0.15, -0.1) is 11.3 Å². The fourth-order valence-corrected chi connectivity index (χ4v) is 3.10. The molecule has 3 aromatic rings. The molecule has 2 heterocycles. The summed E-state index contributed by atoms with van der Waals surface area (Å²) in [6.45, 7) is 0.967. The molecule has 1 N–H and O–H groups in total. The van der Waals surface area contributed by atoms with Crippen LogP contribution in [0.25, 0.3) is 10.2 Å². The molecule has 0 unspecified atom stereocenters. The van der Waals surface area contributed by atoms with E-state index in [2.05, 4.69) is 15.3 Å². The van der Waals surface area contributed by atoms with Gasteiger partial charge in [-0.1, -0.05) is 18.2 Å². The van der Waals surface area contributed by atoms with Gasteiger partial charge >= 0.3 is 6.03 Å². The Hall–Kier alpha value is -2.47. The summed E-state index contributed by atoms with van der Waals surface area (Å²) >= 11 is 1.61. The van der Waals surface area contributed by atoms with E-state index in [-0.39, 0.29) is 6.03 Å². The maximum Gasteiger partial charge on any atom is 0.317 e. The molecule has 0 aliphatic heterocycles. The molecular weight excluding hydrogens is 296 g/mol. The third-order valence-electron chi connectivity index (χ3n) is 3.22. The van der Waals surface area contributed by atoms with Crippen molar-refractivity contribution in [1.82, 2.24) is 20.2 Å². The van der Waals surface area contributed by atoms with Crippen LogP contribution >= 0.6 is 11.3 Å². The van der Waals surface area contributed by atoms with Crippen LogP contribution in [0.1, 0.15) is 10.6 Å². The van der Waals surface area contributed by atoms with Crippen molar-refractivity contribution in [3.8, 4) is 0 Å². The molecule has 2 amide bonds. The molecule has 1 aromatic carbocycles. The summed E-state index contributed by atoms with van der Waals surface area (Å²) in [5.74, 6) is 0. The number of carbonyl (C=O) groups is 1. The molecule has 0 saturated carbocycles. The smallest absolute Gasteiger partial charge is 0.317 e. The summed E-state index contributed by atoms with van der Waals surface area (Å²) in [6, 6.07) is 11.7. The Balaban J connectivity index is 1.58. The standard InChI is InChI=1S/C16H16N4OS/c1-20(16(21)18-10-12-5-4-8-17-9-12)11-15-19-13-6-2-3-7-14(13)22-15/h2-9H,10-11H2,1H3,(H,18,21). The number of benzene rings is 1. The lowest BCUT2D eigenvalue weighted by Crippen LogP contribution is -2.36. The molecule has 0 radical (unpaired) electrons. The summed E-state index contributed by atoms with van der Waals surface area (Å²) in [6.07, 6.45) is 3.46. The highest BCUT2D eigenvalue weighted by Gasteiger charge is 2.11. The van der Waals surface area contributed by atoms with Crippen molar-refractivity contribution in [1.29, 1.82) is 0 Å². The van der Waals surface area contributed by atoms with Crippen molar-refractivity contribution in [2.45, 2.75) is 13.1 Å². The van der Waals surface area contributed by atoms with Crippen LogP contribution in [0.15, 0.2) is 48.8 Å². The lowest BCUT2D eigenvalue weighted by molar-refractivity contribution is 0.206. The van der Waals surface area contributed by atoms with Gasteiger partial charge in [0.15, 0.2) is 0 Å². The van der Waals surface area contributed by atoms with E-state index >= 15 is 0 Å². The molecular formula is C16H16N4OS. The fourth-order valence-electron chi connectivity index (χ4n) is 2.08. The quantitative estimate of drug-likeness (QED) is 0.805. The molecule has 0 bridgehead atoms. The van der Waals surface area contributed by atoms with Crippen molar-refractivity contribution in [3.05, 3.63) is 59.4 Å². The molecule has 0 saturated heterocycles. The van der Waals surface area contributed by atoms with Gasteiger partial charge in [0.25, 0.3) is 0 Å². The van der Waals surface area contributed by atoms with Gasteiger partial charge < -0.3 is 10.2 Å². The second-order valence-electron chi connectivity index (χ2n) is 4.95. The third-order valence-corrected chi connectivity index (χ3v) is 4.24. The summed E-state index contributed by atoms with van der Waals surface area (Å²) in [7, 11) is 1.77. The summed E-state index contributed by atoms with van der Waals surface area (Å²) in [4.78, 5) is 22.3. The van der Waals surface area contributed by atoms with E-state index in [4.69, 9.17) is 0 Å². The molecule has 2 aromatic heterocycles. The number of aromatic nitrogens is 2. The normalized spacial score (nSPS) is 10.6. The molecule has 0 spiro atoms. The first kappa shape index (κ1) is 14.5. The van der Waals surface area contributed by atoms with Crippen molar-refractivity contribution in [2.24, 2.45) is 0 Å². The zero-order chi connectivity index (χ0) is 15.4. The van der Waals surface area contributed by atoms with Crippen LogP contribution in [0, 0.1) is 0 Å². The Bertz CT molecular complexity index is 739. The first-order valence-corrected chi connectivity index (χ1v) is 7.76. The average molecular weight is 312 g/mol. The highest BCUT2D eigenvalue weighted by Crippen LogP contribution is 2.22. The van der Waals surface area contributed by atoms with Gasteiger partial charge in [0, 0.05) is 26.0 Å². The zero-order valence-electron chi connectivity index (χ0n) is 12.2. The largest absolute Gasteiger partial charge is 0.334 e. The van der Waals surface area contributed by atoms with E-state index in [1.165, 1.54) is 0 Å². The van der Waals surface area contributed by atoms with Crippen molar-refractivity contribution in [3.63, 3.8) is 0 Å². The van der Waals surface area contributed by atoms with Crippen LogP contribution in [-0.4, -0.2) is 27.9 Å². The van der Waals surface area contributed by atoms with Crippen LogP contribution in [-0.2, 0) is 13.1 Å². The van der Waals surface area contributed by atoms with Gasteiger partial charge in [-0.2, -0.15) is 0 Å². The number of nitrogens with zero attached hydrogens (tertiary/aromatic N) is 3. The molecule has 0 aliphatic rings. The maximum absolute atomic E-state index is 12.1. The fraction of sp³-hybridized carbons (Fsp3) is 0.188. The van der Waals surface area contributed by atoms with E-state index in [9.17, 15) is 4.79 Å². The second-order valence-corrected chi connectivity index (χ2v) is 6.07. The van der Waals surface area contributed by atoms with E-state index in [1.807, 2.05) is 36.4 Å². The Morgan fingerprint density at radius 1 is 1.27 bits per heavy atom. The predicted molar refractivity (Wildman–Crippen MR) is 87.6 cm³/mol. The minimum Gasteiger partial charge on any atom is -0.334 e. The first-order valence-electron chi connectivity index (χ1n) is 6.95. The van der Waals surface area contributed by atoms with Crippen molar-refractivity contribution >= 4 is 27.6 Å². The van der Waals surface area contributed by atoms with E-state index in [0.29, 0.717) is 13.1 Å². The van der Waals surface area contributed by atoms with Gasteiger partial charge in [-0.25, -0.2) is 9.78 Å². The third kappa shape index (κ3) is 3.40. The molecule has 112 valence electrons. The topological polar surface area (TPSA) is 58.1 Å². The van der Waals surface area contributed by atoms with Gasteiger partial charge in [0.2, 0.25) is 0 Å². The summed E-state index contributed by atoms with van der Waals surface area (Å²) in [5.41, 5.74) is 1.95. The predicted octanol–water partition coefficient (Wildman–Crippen LogP) is 3.03. The van der Waals surface area contributed by atoms with Crippen molar-refractivity contribution in [2.75, 3.05) is 7.05 Å². The molecule has 3 rings (SSSR count). The number of para-hydroxylation sites is 1. The summed E-state index contributed by atoms with van der Waals surface area (Å²) < 4.78 is 1.14. The second kappa shape index (κ2) is 6.53. The van der Waals surface area contributed by atoms with Crippen LogP contribution in [0.2, 0.25) is 0 Å². The lowest BCUT2D eigenvalue weighted by Gasteiger charge is -2.16. The number of thiazole rings is 1. The Kier molecular flexibility index (Phi) is 4.29. The van der Waals surface area contributed by atoms with Gasteiger partial charge in [0.1, 0.15) is 5.01 Å². The van der Waals surface area contributed by atoms with Crippen LogP contribution in [0.3, 0.4) is 0 Å². The minimum atomic E-state index is -0.122. The highest BCUT2D eigenvalue weighted by atomic mass is 32.1. The number of fused-ring (bicyclic) bond motifs is 1. The maximum atomic E-state index is 12.1. The van der Waals surface area contributed by atoms with Gasteiger partial charge in [0.05, 0.1) is 16.8 Å². The van der Waals surface area contributed by atoms with Gasteiger partial charge in [-0.3, -0.25) is 4.98 Å². The van der Waals surface area contributed by atoms with Crippen LogP contribution < -0.4 is 5.32 Å². The van der Waals surface area contributed by atoms with E-state index in [1.54, 1.807) is 35.7 Å². The Morgan fingerprint density at radius 2 is 2.14 bits per heavy atom.